The van der Waals surface area contributed by atoms with E-state index in [-0.39, 0.29) is 6.04 Å². The minimum Gasteiger partial charge on any atom is -0.497 e. The summed E-state index contributed by atoms with van der Waals surface area (Å²) in [6.07, 6.45) is 0.947. The molecule has 0 amide bonds. The van der Waals surface area contributed by atoms with Crippen LogP contribution in [0, 0.1) is 6.92 Å². The predicted molar refractivity (Wildman–Crippen MR) is 79.1 cm³/mol. The highest BCUT2D eigenvalue weighted by atomic mass is 16.5. The summed E-state index contributed by atoms with van der Waals surface area (Å²) in [5.74, 6) is 1.73. The lowest BCUT2D eigenvalue weighted by atomic mass is 10.0. The molecule has 0 aromatic heterocycles. The summed E-state index contributed by atoms with van der Waals surface area (Å²) in [5, 5.41) is 0. The van der Waals surface area contributed by atoms with Gasteiger partial charge in [0.15, 0.2) is 0 Å². The zero-order chi connectivity index (χ0) is 14.4. The lowest BCUT2D eigenvalue weighted by molar-refractivity contribution is 0.318. The van der Waals surface area contributed by atoms with E-state index in [1.54, 1.807) is 14.2 Å². The first-order valence-electron chi connectivity index (χ1n) is 6.63. The summed E-state index contributed by atoms with van der Waals surface area (Å²) >= 11 is 0. The van der Waals surface area contributed by atoms with Gasteiger partial charge < -0.3 is 20.1 Å². The van der Waals surface area contributed by atoms with E-state index in [0.29, 0.717) is 0 Å². The van der Waals surface area contributed by atoms with Crippen LogP contribution < -0.4 is 15.2 Å². The number of nitrogens with two attached hydrogens (primary N) is 1. The minimum absolute atomic E-state index is 0.198. The zero-order valence-electron chi connectivity index (χ0n) is 12.7. The smallest absolute Gasteiger partial charge is 0.126 e. The first kappa shape index (κ1) is 15.8. The van der Waals surface area contributed by atoms with Crippen molar-refractivity contribution in [1.29, 1.82) is 0 Å². The Bertz CT molecular complexity index is 405. The van der Waals surface area contributed by atoms with E-state index < -0.39 is 0 Å². The van der Waals surface area contributed by atoms with Gasteiger partial charge in [0.2, 0.25) is 0 Å². The van der Waals surface area contributed by atoms with Gasteiger partial charge in [-0.25, -0.2) is 0 Å². The van der Waals surface area contributed by atoms with Gasteiger partial charge >= 0.3 is 0 Å². The van der Waals surface area contributed by atoms with Crippen LogP contribution in [0.3, 0.4) is 0 Å². The molecule has 4 nitrogen and oxygen atoms in total. The molecule has 0 aliphatic rings. The summed E-state index contributed by atoms with van der Waals surface area (Å²) < 4.78 is 10.7. The van der Waals surface area contributed by atoms with Crippen molar-refractivity contribution in [3.8, 4) is 11.5 Å². The van der Waals surface area contributed by atoms with E-state index >= 15 is 0 Å². The molecule has 1 rings (SSSR count). The molecular formula is C15H26N2O2. The molecule has 0 fully saturated rings. The number of rotatable bonds is 7. The lowest BCUT2D eigenvalue weighted by Crippen LogP contribution is -2.34. The number of likely N-dealkylation sites (N-methyl/N-ethyl adjacent to an activating group) is 1. The second-order valence-electron chi connectivity index (χ2n) is 5.11. The van der Waals surface area contributed by atoms with E-state index in [9.17, 15) is 0 Å². The molecule has 0 aliphatic carbocycles. The van der Waals surface area contributed by atoms with Crippen LogP contribution in [0.4, 0.5) is 0 Å². The third-order valence-corrected chi connectivity index (χ3v) is 3.20. The van der Waals surface area contributed by atoms with Gasteiger partial charge in [0.05, 0.1) is 14.2 Å². The fraction of sp³-hybridized carbons (Fsp3) is 0.600. The van der Waals surface area contributed by atoms with Gasteiger partial charge in [-0.05, 0) is 44.5 Å². The Balaban J connectivity index is 2.77. The average Bonchev–Trinajstić information content (AvgIpc) is 2.35. The van der Waals surface area contributed by atoms with E-state index in [1.807, 2.05) is 19.1 Å². The number of nitrogens with zero attached hydrogens (tertiary/aromatic N) is 1. The number of hydrogen-bond donors (Lipinski definition) is 1. The Morgan fingerprint density at radius 1 is 1.26 bits per heavy atom. The molecule has 1 atom stereocenters. The standard InChI is InChI=1S/C15H26N2O2/c1-11-8-13(18-4)9-15(19-5)14(11)6-7-17(3)10-12(2)16/h8-9,12H,6-7,10,16H2,1-5H3. The quantitative estimate of drug-likeness (QED) is 0.818. The Hall–Kier alpha value is -1.26. The van der Waals surface area contributed by atoms with E-state index in [1.165, 1.54) is 11.1 Å². The highest BCUT2D eigenvalue weighted by Crippen LogP contribution is 2.28. The molecule has 1 aromatic rings. The largest absolute Gasteiger partial charge is 0.497 e. The molecular weight excluding hydrogens is 240 g/mol. The molecule has 0 saturated carbocycles. The molecule has 0 saturated heterocycles. The van der Waals surface area contributed by atoms with Crippen molar-refractivity contribution in [2.75, 3.05) is 34.4 Å². The van der Waals surface area contributed by atoms with E-state index in [0.717, 1.165) is 31.0 Å². The van der Waals surface area contributed by atoms with Gasteiger partial charge in [-0.15, -0.1) is 0 Å². The number of methoxy groups -OCH3 is 2. The van der Waals surface area contributed by atoms with Crippen molar-refractivity contribution in [1.82, 2.24) is 4.90 Å². The Morgan fingerprint density at radius 2 is 1.95 bits per heavy atom. The molecule has 0 spiro atoms. The van der Waals surface area contributed by atoms with Crippen LogP contribution in [-0.4, -0.2) is 45.3 Å². The average molecular weight is 266 g/mol. The molecule has 19 heavy (non-hydrogen) atoms. The summed E-state index contributed by atoms with van der Waals surface area (Å²) in [6, 6.07) is 4.18. The SMILES string of the molecule is COc1cc(C)c(CCN(C)CC(C)N)c(OC)c1. The first-order valence-corrected chi connectivity index (χ1v) is 6.63. The molecule has 4 heteroatoms. The Morgan fingerprint density at radius 3 is 2.47 bits per heavy atom. The van der Waals surface area contributed by atoms with Gasteiger partial charge in [0.1, 0.15) is 11.5 Å². The molecule has 0 bridgehead atoms. The molecule has 0 radical (unpaired) electrons. The van der Waals surface area contributed by atoms with Crippen LogP contribution in [0.25, 0.3) is 0 Å². The molecule has 2 N–H and O–H groups in total. The van der Waals surface area contributed by atoms with Crippen molar-refractivity contribution in [2.24, 2.45) is 5.73 Å². The fourth-order valence-electron chi connectivity index (χ4n) is 2.26. The molecule has 0 heterocycles. The number of aryl methyl sites for hydroxylation is 1. The van der Waals surface area contributed by atoms with Crippen molar-refractivity contribution in [3.05, 3.63) is 23.3 Å². The maximum absolute atomic E-state index is 5.80. The third kappa shape index (κ3) is 4.73. The molecule has 0 aliphatic heterocycles. The normalized spacial score (nSPS) is 12.6. The number of hydrogen-bond acceptors (Lipinski definition) is 4. The van der Waals surface area contributed by atoms with Crippen LogP contribution in [0.15, 0.2) is 12.1 Å². The van der Waals surface area contributed by atoms with Crippen molar-refractivity contribution < 1.29 is 9.47 Å². The predicted octanol–water partition coefficient (Wildman–Crippen LogP) is 1.83. The van der Waals surface area contributed by atoms with E-state index in [4.69, 9.17) is 15.2 Å². The molecule has 1 unspecified atom stereocenters. The first-order chi connectivity index (χ1) is 8.97. The van der Waals surface area contributed by atoms with Crippen LogP contribution in [0.5, 0.6) is 11.5 Å². The monoisotopic (exact) mass is 266 g/mol. The summed E-state index contributed by atoms with van der Waals surface area (Å²) in [5.41, 5.74) is 8.24. The van der Waals surface area contributed by atoms with Crippen molar-refractivity contribution in [2.45, 2.75) is 26.3 Å². The second kappa shape index (κ2) is 7.36. The van der Waals surface area contributed by atoms with Gasteiger partial charge in [0, 0.05) is 25.2 Å². The van der Waals surface area contributed by atoms with Crippen LogP contribution >= 0.6 is 0 Å². The Kier molecular flexibility index (Phi) is 6.12. The van der Waals surface area contributed by atoms with Crippen molar-refractivity contribution >= 4 is 0 Å². The summed E-state index contributed by atoms with van der Waals surface area (Å²) in [6.45, 7) is 5.98. The zero-order valence-corrected chi connectivity index (χ0v) is 12.7. The van der Waals surface area contributed by atoms with Crippen LogP contribution in [-0.2, 0) is 6.42 Å². The lowest BCUT2D eigenvalue weighted by Gasteiger charge is -2.20. The Labute approximate surface area is 116 Å². The minimum atomic E-state index is 0.198. The molecule has 108 valence electrons. The van der Waals surface area contributed by atoms with Crippen LogP contribution in [0.1, 0.15) is 18.1 Å². The molecule has 1 aromatic carbocycles. The van der Waals surface area contributed by atoms with Crippen molar-refractivity contribution in [3.63, 3.8) is 0 Å². The third-order valence-electron chi connectivity index (χ3n) is 3.20. The van der Waals surface area contributed by atoms with Gasteiger partial charge in [-0.2, -0.15) is 0 Å². The van der Waals surface area contributed by atoms with E-state index in [2.05, 4.69) is 18.9 Å². The topological polar surface area (TPSA) is 47.7 Å². The second-order valence-corrected chi connectivity index (χ2v) is 5.11. The highest BCUT2D eigenvalue weighted by molar-refractivity contribution is 5.46. The fourth-order valence-corrected chi connectivity index (χ4v) is 2.26. The number of benzene rings is 1. The van der Waals surface area contributed by atoms with Gasteiger partial charge in [0.25, 0.3) is 0 Å². The summed E-state index contributed by atoms with van der Waals surface area (Å²) in [4.78, 5) is 2.24. The van der Waals surface area contributed by atoms with Gasteiger partial charge in [-0.3, -0.25) is 0 Å². The highest BCUT2D eigenvalue weighted by Gasteiger charge is 2.11. The van der Waals surface area contributed by atoms with Crippen LogP contribution in [0.2, 0.25) is 0 Å². The number of ether oxygens (including phenoxy) is 2. The van der Waals surface area contributed by atoms with Gasteiger partial charge in [-0.1, -0.05) is 0 Å². The summed E-state index contributed by atoms with van der Waals surface area (Å²) in [7, 11) is 5.46. The maximum Gasteiger partial charge on any atom is 0.126 e. The maximum atomic E-state index is 5.80.